The minimum Gasteiger partial charge on any atom is -0.439 e. The molecule has 7 heteroatoms. The Morgan fingerprint density at radius 2 is 2.04 bits per heavy atom. The fraction of sp³-hybridized carbons (Fsp3) is 0.400. The molecule has 0 unspecified atom stereocenters. The number of imidazole rings is 1. The van der Waals surface area contributed by atoms with Crippen LogP contribution in [0.4, 0.5) is 0 Å². The zero-order valence-corrected chi connectivity index (χ0v) is 17.1. The Hall–Kier alpha value is -1.87. The van der Waals surface area contributed by atoms with Gasteiger partial charge in [-0.05, 0) is 31.0 Å². The third kappa shape index (κ3) is 3.38. The molecule has 6 nitrogen and oxygen atoms in total. The van der Waals surface area contributed by atoms with E-state index in [0.717, 1.165) is 52.5 Å². The molecule has 0 bridgehead atoms. The van der Waals surface area contributed by atoms with Gasteiger partial charge >= 0.3 is 0 Å². The molecule has 2 aromatic heterocycles. The van der Waals surface area contributed by atoms with Gasteiger partial charge in [0.15, 0.2) is 21.2 Å². The summed E-state index contributed by atoms with van der Waals surface area (Å²) < 4.78 is 20.0. The van der Waals surface area contributed by atoms with E-state index in [9.17, 15) is 3.07 Å². The Labute approximate surface area is 168 Å². The predicted octanol–water partition coefficient (Wildman–Crippen LogP) is 4.12. The summed E-state index contributed by atoms with van der Waals surface area (Å²) in [5.74, 6) is 2.44. The minimum absolute atomic E-state index is 0.516. The van der Waals surface area contributed by atoms with E-state index in [1.165, 1.54) is 25.1 Å². The Bertz CT molecular complexity index is 982. The van der Waals surface area contributed by atoms with Crippen molar-refractivity contribution >= 4 is 32.2 Å². The second-order valence-corrected chi connectivity index (χ2v) is 8.88. The highest BCUT2D eigenvalue weighted by molar-refractivity contribution is 14.1. The number of hydrogen-bond acceptors (Lipinski definition) is 5. The first-order valence-corrected chi connectivity index (χ1v) is 11.4. The molecule has 0 atom stereocenters. The fourth-order valence-electron chi connectivity index (χ4n) is 3.95. The van der Waals surface area contributed by atoms with Crippen LogP contribution in [0.2, 0.25) is 0 Å². The maximum atomic E-state index is 11.0. The lowest BCUT2D eigenvalue weighted by Gasteiger charge is -2.36. The molecule has 2 aliphatic rings. The number of halogens is 1. The Kier molecular flexibility index (Phi) is 4.65. The Morgan fingerprint density at radius 1 is 1.11 bits per heavy atom. The van der Waals surface area contributed by atoms with E-state index in [4.69, 9.17) is 9.72 Å². The molecular formula is C20H21IN4O2. The summed E-state index contributed by atoms with van der Waals surface area (Å²) in [5.41, 5.74) is 2.15. The number of aromatic nitrogens is 3. The van der Waals surface area contributed by atoms with Crippen molar-refractivity contribution in [2.45, 2.75) is 38.3 Å². The molecule has 0 radical (unpaired) electrons. The number of benzene rings is 1. The van der Waals surface area contributed by atoms with Gasteiger partial charge in [-0.25, -0.2) is 9.97 Å². The Morgan fingerprint density at radius 3 is 2.78 bits per heavy atom. The molecule has 3 aromatic rings. The van der Waals surface area contributed by atoms with Crippen LogP contribution in [0.5, 0.6) is 11.6 Å². The standard InChI is InChI=1S/C20H21IN4O2/c26-21-14-4-7-20(22-13-14)27-16-5-6-17-18(12-16)25-11-10-24(15-2-1-3-15)9-8-19(25)23-17/h4-7,12-13,15H,1-3,8-11H2. The monoisotopic (exact) mass is 476 g/mol. The van der Waals surface area contributed by atoms with Crippen LogP contribution < -0.4 is 4.74 Å². The van der Waals surface area contributed by atoms with Crippen LogP contribution in [0.1, 0.15) is 25.1 Å². The fourth-order valence-corrected chi connectivity index (χ4v) is 4.53. The van der Waals surface area contributed by atoms with E-state index in [1.807, 2.05) is 12.1 Å². The van der Waals surface area contributed by atoms with Crippen molar-refractivity contribution in [3.05, 3.63) is 45.9 Å². The zero-order valence-electron chi connectivity index (χ0n) is 15.0. The van der Waals surface area contributed by atoms with Crippen molar-refractivity contribution in [1.29, 1.82) is 0 Å². The van der Waals surface area contributed by atoms with Crippen LogP contribution >= 0.6 is 21.2 Å². The van der Waals surface area contributed by atoms with Crippen molar-refractivity contribution < 1.29 is 7.81 Å². The lowest BCUT2D eigenvalue weighted by atomic mass is 9.91. The van der Waals surface area contributed by atoms with Crippen LogP contribution in [-0.2, 0) is 16.0 Å². The lowest BCUT2D eigenvalue weighted by molar-refractivity contribution is 0.130. The molecule has 27 heavy (non-hydrogen) atoms. The molecule has 5 rings (SSSR count). The van der Waals surface area contributed by atoms with Crippen LogP contribution in [-0.4, -0.2) is 38.6 Å². The van der Waals surface area contributed by atoms with Crippen molar-refractivity contribution in [3.63, 3.8) is 0 Å². The summed E-state index contributed by atoms with van der Waals surface area (Å²) >= 11 is -1.18. The van der Waals surface area contributed by atoms with Crippen molar-refractivity contribution in [3.8, 4) is 11.6 Å². The van der Waals surface area contributed by atoms with Gasteiger partial charge < -0.3 is 9.30 Å². The first-order valence-electron chi connectivity index (χ1n) is 9.44. The quantitative estimate of drug-likeness (QED) is 0.531. The minimum atomic E-state index is -1.18. The molecule has 1 saturated carbocycles. The average Bonchev–Trinajstić information content (AvgIpc) is 2.87. The van der Waals surface area contributed by atoms with Crippen LogP contribution in [0.25, 0.3) is 11.0 Å². The van der Waals surface area contributed by atoms with Gasteiger partial charge in [0.05, 0.1) is 14.6 Å². The zero-order chi connectivity index (χ0) is 18.2. The summed E-state index contributed by atoms with van der Waals surface area (Å²) in [4.78, 5) is 11.7. The van der Waals surface area contributed by atoms with Crippen LogP contribution in [0, 0.1) is 3.57 Å². The highest BCUT2D eigenvalue weighted by Gasteiger charge is 2.27. The van der Waals surface area contributed by atoms with E-state index in [-0.39, 0.29) is 0 Å². The summed E-state index contributed by atoms with van der Waals surface area (Å²) in [7, 11) is 0. The summed E-state index contributed by atoms with van der Waals surface area (Å²) in [6.07, 6.45) is 6.69. The maximum absolute atomic E-state index is 11.0. The SMILES string of the molecule is O=Ic1ccc(Oc2ccc3nc4n(c3c2)CCN(C2CCC2)CC4)nc1. The highest BCUT2D eigenvalue weighted by atomic mass is 127. The second-order valence-electron chi connectivity index (χ2n) is 7.19. The van der Waals surface area contributed by atoms with Gasteiger partial charge in [-0.1, -0.05) is 6.42 Å². The van der Waals surface area contributed by atoms with E-state index in [1.54, 1.807) is 18.3 Å². The van der Waals surface area contributed by atoms with Gasteiger partial charge in [0.1, 0.15) is 11.6 Å². The molecule has 1 aromatic carbocycles. The number of ether oxygens (including phenoxy) is 1. The third-order valence-corrected chi connectivity index (χ3v) is 6.78. The average molecular weight is 476 g/mol. The predicted molar refractivity (Wildman–Crippen MR) is 110 cm³/mol. The molecular weight excluding hydrogens is 455 g/mol. The smallest absolute Gasteiger partial charge is 0.219 e. The molecule has 0 saturated heterocycles. The second kappa shape index (κ2) is 7.27. The van der Waals surface area contributed by atoms with Gasteiger partial charge in [0.25, 0.3) is 0 Å². The topological polar surface area (TPSA) is 60.2 Å². The molecule has 1 aliphatic heterocycles. The first-order chi connectivity index (χ1) is 13.3. The molecule has 0 amide bonds. The number of rotatable bonds is 4. The Balaban J connectivity index is 1.40. The van der Waals surface area contributed by atoms with E-state index >= 15 is 0 Å². The summed E-state index contributed by atoms with van der Waals surface area (Å²) in [6.45, 7) is 3.18. The third-order valence-electron chi connectivity index (χ3n) is 5.64. The van der Waals surface area contributed by atoms with Gasteiger partial charge in [0.2, 0.25) is 5.88 Å². The number of hydrogen-bond donors (Lipinski definition) is 0. The van der Waals surface area contributed by atoms with Gasteiger partial charge in [-0.15, -0.1) is 0 Å². The van der Waals surface area contributed by atoms with Crippen LogP contribution in [0.3, 0.4) is 0 Å². The van der Waals surface area contributed by atoms with Gasteiger partial charge in [-0.2, -0.15) is 0 Å². The molecule has 1 fully saturated rings. The molecule has 140 valence electrons. The summed E-state index contributed by atoms with van der Waals surface area (Å²) in [6, 6.07) is 10.4. The normalized spacial score (nSPS) is 18.1. The molecule has 0 spiro atoms. The molecule has 0 N–H and O–H groups in total. The van der Waals surface area contributed by atoms with E-state index in [2.05, 4.69) is 20.5 Å². The van der Waals surface area contributed by atoms with Gasteiger partial charge in [0, 0.05) is 50.4 Å². The summed E-state index contributed by atoms with van der Waals surface area (Å²) in [5, 5.41) is 0. The number of fused-ring (bicyclic) bond motifs is 3. The lowest BCUT2D eigenvalue weighted by Crippen LogP contribution is -2.41. The van der Waals surface area contributed by atoms with Crippen molar-refractivity contribution in [2.24, 2.45) is 0 Å². The number of nitrogens with zero attached hydrogens (tertiary/aromatic N) is 4. The molecule has 1 aliphatic carbocycles. The van der Waals surface area contributed by atoms with Gasteiger partial charge in [-0.3, -0.25) is 7.97 Å². The largest absolute Gasteiger partial charge is 0.439 e. The van der Waals surface area contributed by atoms with Crippen molar-refractivity contribution in [2.75, 3.05) is 13.1 Å². The first kappa shape index (κ1) is 17.2. The van der Waals surface area contributed by atoms with E-state index in [0.29, 0.717) is 5.88 Å². The van der Waals surface area contributed by atoms with Crippen molar-refractivity contribution in [1.82, 2.24) is 19.4 Å². The van der Waals surface area contributed by atoms with E-state index < -0.39 is 21.2 Å². The highest BCUT2D eigenvalue weighted by Crippen LogP contribution is 2.29. The maximum Gasteiger partial charge on any atom is 0.219 e. The van der Waals surface area contributed by atoms with Crippen LogP contribution in [0.15, 0.2) is 36.5 Å². The molecule has 3 heterocycles. The number of pyridine rings is 1.